The molecule has 4 nitrogen and oxygen atoms in total. The molecule has 0 heterocycles. The molecule has 0 bridgehead atoms. The Morgan fingerprint density at radius 2 is 1.70 bits per heavy atom. The van der Waals surface area contributed by atoms with E-state index in [1.165, 1.54) is 32.1 Å². The lowest BCUT2D eigenvalue weighted by atomic mass is 10.1. The molecular weight excluding hydrogens is 288 g/mol. The first-order chi connectivity index (χ1) is 11.2. The second kappa shape index (κ2) is 17.5. The summed E-state index contributed by atoms with van der Waals surface area (Å²) in [5.41, 5.74) is 0. The maximum atomic E-state index is 11.6. The Balaban J connectivity index is 3.50. The fraction of sp³-hybridized carbons (Fsp3) is 0.842. The average molecular weight is 327 g/mol. The number of likely N-dealkylation sites (N-methyl/N-ethyl adjacent to an activating group) is 1. The Morgan fingerprint density at radius 1 is 1.04 bits per heavy atom. The number of nitrogens with zero attached hydrogens (tertiary/aromatic N) is 1. The molecule has 0 unspecified atom stereocenters. The van der Waals surface area contributed by atoms with E-state index in [2.05, 4.69) is 17.1 Å². The van der Waals surface area contributed by atoms with Crippen LogP contribution in [0.1, 0.15) is 71.6 Å². The maximum absolute atomic E-state index is 11.6. The molecule has 0 saturated carbocycles. The van der Waals surface area contributed by atoms with Gasteiger partial charge in [0.05, 0.1) is 0 Å². The summed E-state index contributed by atoms with van der Waals surface area (Å²) in [6.45, 7) is 8.37. The van der Waals surface area contributed by atoms with Crippen LogP contribution in [-0.4, -0.2) is 48.7 Å². The van der Waals surface area contributed by atoms with Crippen LogP contribution in [0.15, 0.2) is 12.2 Å². The normalized spacial score (nSPS) is 11.5. The van der Waals surface area contributed by atoms with E-state index in [1.54, 1.807) is 0 Å². The molecule has 0 aliphatic heterocycles. The lowest BCUT2D eigenvalue weighted by Crippen LogP contribution is -2.35. The van der Waals surface area contributed by atoms with Crippen molar-refractivity contribution in [3.8, 4) is 0 Å². The van der Waals surface area contributed by atoms with E-state index in [1.807, 2.05) is 19.1 Å². The fourth-order valence-corrected chi connectivity index (χ4v) is 2.58. The lowest BCUT2D eigenvalue weighted by molar-refractivity contribution is -0.121. The number of amides is 1. The van der Waals surface area contributed by atoms with Gasteiger partial charge in [-0.05, 0) is 39.3 Å². The van der Waals surface area contributed by atoms with Crippen molar-refractivity contribution in [1.29, 1.82) is 0 Å². The zero-order valence-electron chi connectivity index (χ0n) is 15.4. The Labute approximate surface area is 143 Å². The van der Waals surface area contributed by atoms with Crippen molar-refractivity contribution in [1.82, 2.24) is 10.2 Å². The average Bonchev–Trinajstić information content (AvgIpc) is 2.55. The summed E-state index contributed by atoms with van der Waals surface area (Å²) >= 11 is 0. The van der Waals surface area contributed by atoms with Gasteiger partial charge in [0.25, 0.3) is 0 Å². The van der Waals surface area contributed by atoms with E-state index in [4.69, 9.17) is 5.11 Å². The van der Waals surface area contributed by atoms with Gasteiger partial charge in [-0.2, -0.15) is 0 Å². The van der Waals surface area contributed by atoms with Crippen molar-refractivity contribution in [3.05, 3.63) is 12.2 Å². The van der Waals surface area contributed by atoms with Crippen LogP contribution in [0.3, 0.4) is 0 Å². The van der Waals surface area contributed by atoms with Crippen LogP contribution in [0.5, 0.6) is 0 Å². The Hall–Kier alpha value is -0.870. The van der Waals surface area contributed by atoms with Gasteiger partial charge in [0.2, 0.25) is 5.91 Å². The highest BCUT2D eigenvalue weighted by atomic mass is 16.2. The third kappa shape index (κ3) is 15.8. The van der Waals surface area contributed by atoms with Crippen LogP contribution in [0.25, 0.3) is 0 Å². The van der Waals surface area contributed by atoms with Crippen molar-refractivity contribution in [2.24, 2.45) is 0 Å². The van der Waals surface area contributed by atoms with Crippen LogP contribution >= 0.6 is 0 Å². The van der Waals surface area contributed by atoms with E-state index < -0.39 is 0 Å². The van der Waals surface area contributed by atoms with Gasteiger partial charge in [-0.15, -0.1) is 0 Å². The molecule has 0 aliphatic rings. The van der Waals surface area contributed by atoms with Crippen molar-refractivity contribution in [3.63, 3.8) is 0 Å². The van der Waals surface area contributed by atoms with E-state index in [0.29, 0.717) is 13.0 Å². The van der Waals surface area contributed by atoms with Crippen LogP contribution in [0.4, 0.5) is 0 Å². The molecular formula is C19H38N2O2. The molecule has 0 fully saturated rings. The molecule has 23 heavy (non-hydrogen) atoms. The Morgan fingerprint density at radius 3 is 2.30 bits per heavy atom. The number of hydrogen-bond donors (Lipinski definition) is 2. The molecule has 136 valence electrons. The monoisotopic (exact) mass is 326 g/mol. The molecule has 0 aromatic heterocycles. The summed E-state index contributed by atoms with van der Waals surface area (Å²) in [5.74, 6) is 0.155. The molecule has 0 saturated heterocycles. The first-order valence-corrected chi connectivity index (χ1v) is 9.45. The lowest BCUT2D eigenvalue weighted by Gasteiger charge is -2.20. The topological polar surface area (TPSA) is 52.6 Å². The van der Waals surface area contributed by atoms with E-state index in [0.717, 1.165) is 45.4 Å². The van der Waals surface area contributed by atoms with Gasteiger partial charge in [0, 0.05) is 26.1 Å². The third-order valence-electron chi connectivity index (χ3n) is 4.10. The predicted octanol–water partition coefficient (Wildman–Crippen LogP) is 3.50. The molecule has 0 rings (SSSR count). The molecule has 1 amide bonds. The van der Waals surface area contributed by atoms with Crippen LogP contribution < -0.4 is 5.32 Å². The molecule has 4 heteroatoms. The largest absolute Gasteiger partial charge is 0.396 e. The second-order valence-electron chi connectivity index (χ2n) is 6.09. The number of carbonyl (C=O) groups is 1. The molecule has 0 aromatic rings. The molecule has 0 atom stereocenters. The van der Waals surface area contributed by atoms with Gasteiger partial charge in [0.1, 0.15) is 0 Å². The highest BCUT2D eigenvalue weighted by Crippen LogP contribution is 2.07. The summed E-state index contributed by atoms with van der Waals surface area (Å²) in [6, 6.07) is 0. The summed E-state index contributed by atoms with van der Waals surface area (Å²) < 4.78 is 0. The number of allylic oxidation sites excluding steroid dienone is 2. The van der Waals surface area contributed by atoms with E-state index >= 15 is 0 Å². The minimum Gasteiger partial charge on any atom is -0.396 e. The van der Waals surface area contributed by atoms with Crippen molar-refractivity contribution < 1.29 is 9.90 Å². The van der Waals surface area contributed by atoms with Crippen molar-refractivity contribution >= 4 is 5.91 Å². The number of hydrogen-bond acceptors (Lipinski definition) is 3. The smallest absolute Gasteiger partial charge is 0.220 e. The molecule has 0 spiro atoms. The highest BCUT2D eigenvalue weighted by Gasteiger charge is 2.04. The van der Waals surface area contributed by atoms with E-state index in [9.17, 15) is 4.79 Å². The van der Waals surface area contributed by atoms with Crippen LogP contribution in [-0.2, 0) is 4.79 Å². The SMILES string of the molecule is C/C=C/CCC(=O)NCCN(CC)CCCCCCCCCO. The number of nitrogens with one attached hydrogen (secondary N) is 1. The number of unbranched alkanes of at least 4 members (excludes halogenated alkanes) is 6. The third-order valence-corrected chi connectivity index (χ3v) is 4.10. The minimum absolute atomic E-state index is 0.155. The van der Waals surface area contributed by atoms with Crippen molar-refractivity contribution in [2.75, 3.05) is 32.8 Å². The number of rotatable bonds is 16. The molecule has 0 aliphatic carbocycles. The van der Waals surface area contributed by atoms with Gasteiger partial charge in [-0.1, -0.05) is 51.2 Å². The zero-order chi connectivity index (χ0) is 17.2. The van der Waals surface area contributed by atoms with Gasteiger partial charge in [0.15, 0.2) is 0 Å². The summed E-state index contributed by atoms with van der Waals surface area (Å²) in [4.78, 5) is 14.0. The molecule has 2 N–H and O–H groups in total. The first-order valence-electron chi connectivity index (χ1n) is 9.45. The molecule has 0 radical (unpaired) electrons. The van der Waals surface area contributed by atoms with Crippen molar-refractivity contribution in [2.45, 2.75) is 71.6 Å². The molecule has 0 aromatic carbocycles. The summed E-state index contributed by atoms with van der Waals surface area (Å²) in [5, 5.41) is 11.7. The summed E-state index contributed by atoms with van der Waals surface area (Å²) in [7, 11) is 0. The predicted molar refractivity (Wildman–Crippen MR) is 98.6 cm³/mol. The standard InChI is InChI=1S/C19H38N2O2/c1-3-5-11-14-19(23)20-15-17-21(4-2)16-12-9-7-6-8-10-13-18-22/h3,5,22H,4,6-18H2,1-2H3,(H,20,23)/b5-3+. The van der Waals surface area contributed by atoms with Gasteiger partial charge in [-0.3, -0.25) is 4.79 Å². The quantitative estimate of drug-likeness (QED) is 0.337. The van der Waals surface area contributed by atoms with Crippen LogP contribution in [0, 0.1) is 0 Å². The highest BCUT2D eigenvalue weighted by molar-refractivity contribution is 5.75. The number of carbonyl (C=O) groups excluding carboxylic acids is 1. The van der Waals surface area contributed by atoms with Crippen LogP contribution in [0.2, 0.25) is 0 Å². The van der Waals surface area contributed by atoms with E-state index in [-0.39, 0.29) is 5.91 Å². The number of aliphatic hydroxyl groups is 1. The van der Waals surface area contributed by atoms with Gasteiger partial charge >= 0.3 is 0 Å². The second-order valence-corrected chi connectivity index (χ2v) is 6.09. The zero-order valence-corrected chi connectivity index (χ0v) is 15.4. The summed E-state index contributed by atoms with van der Waals surface area (Å²) in [6.07, 6.45) is 13.9. The number of aliphatic hydroxyl groups excluding tert-OH is 1. The Bertz CT molecular complexity index is 293. The van der Waals surface area contributed by atoms with Gasteiger partial charge in [-0.25, -0.2) is 0 Å². The maximum Gasteiger partial charge on any atom is 0.220 e. The first kappa shape index (κ1) is 22.1. The van der Waals surface area contributed by atoms with Gasteiger partial charge < -0.3 is 15.3 Å². The minimum atomic E-state index is 0.155. The fourth-order valence-electron chi connectivity index (χ4n) is 2.58. The Kier molecular flexibility index (Phi) is 16.8.